The largest absolute Gasteiger partial charge is 0.465 e. The maximum atomic E-state index is 12.8. The SMILES string of the molecule is COC(=O)c1cc(N2CCCC2=O)cc(C(F)(F)F)c1. The minimum Gasteiger partial charge on any atom is -0.465 e. The molecule has 0 atom stereocenters. The van der Waals surface area contributed by atoms with Crippen LogP contribution >= 0.6 is 0 Å². The van der Waals surface area contributed by atoms with Crippen LogP contribution in [0, 0.1) is 0 Å². The van der Waals surface area contributed by atoms with Crippen LogP contribution in [0.3, 0.4) is 0 Å². The van der Waals surface area contributed by atoms with Gasteiger partial charge in [-0.3, -0.25) is 4.79 Å². The Hall–Kier alpha value is -2.05. The molecule has 1 aliphatic rings. The van der Waals surface area contributed by atoms with Gasteiger partial charge in [-0.2, -0.15) is 13.2 Å². The maximum absolute atomic E-state index is 12.8. The number of carbonyl (C=O) groups is 2. The standard InChI is InChI=1S/C13H12F3NO3/c1-20-12(19)8-5-9(13(14,15)16)7-10(6-8)17-4-2-3-11(17)18/h5-7H,2-4H2,1H3. The fourth-order valence-electron chi connectivity index (χ4n) is 2.09. The van der Waals surface area contributed by atoms with Crippen molar-refractivity contribution in [2.45, 2.75) is 19.0 Å². The lowest BCUT2D eigenvalue weighted by atomic mass is 10.1. The van der Waals surface area contributed by atoms with E-state index in [0.717, 1.165) is 19.2 Å². The van der Waals surface area contributed by atoms with E-state index < -0.39 is 17.7 Å². The first-order chi connectivity index (χ1) is 9.32. The molecule has 1 saturated heterocycles. The third kappa shape index (κ3) is 2.76. The molecule has 0 aliphatic carbocycles. The second-order valence-corrected chi connectivity index (χ2v) is 4.41. The van der Waals surface area contributed by atoms with Gasteiger partial charge in [-0.1, -0.05) is 0 Å². The lowest BCUT2D eigenvalue weighted by Crippen LogP contribution is -2.24. The van der Waals surface area contributed by atoms with Crippen LogP contribution in [-0.4, -0.2) is 25.5 Å². The highest BCUT2D eigenvalue weighted by Crippen LogP contribution is 2.34. The molecule has 0 aromatic heterocycles. The number of alkyl halides is 3. The van der Waals surface area contributed by atoms with Crippen molar-refractivity contribution >= 4 is 17.6 Å². The molecule has 0 N–H and O–H groups in total. The highest BCUT2D eigenvalue weighted by molar-refractivity contribution is 5.97. The van der Waals surface area contributed by atoms with Gasteiger partial charge in [0.05, 0.1) is 18.2 Å². The van der Waals surface area contributed by atoms with Crippen LogP contribution < -0.4 is 4.90 Å². The summed E-state index contributed by atoms with van der Waals surface area (Å²) < 4.78 is 43.0. The predicted octanol–water partition coefficient (Wildman–Crippen LogP) is 2.62. The first-order valence-electron chi connectivity index (χ1n) is 5.94. The van der Waals surface area contributed by atoms with Crippen LogP contribution in [0.15, 0.2) is 18.2 Å². The zero-order valence-electron chi connectivity index (χ0n) is 10.7. The Labute approximate surface area is 113 Å². The zero-order chi connectivity index (χ0) is 14.9. The number of amides is 1. The van der Waals surface area contributed by atoms with Gasteiger partial charge in [0.15, 0.2) is 0 Å². The summed E-state index contributed by atoms with van der Waals surface area (Å²) in [4.78, 5) is 24.3. The Morgan fingerprint density at radius 3 is 2.50 bits per heavy atom. The monoisotopic (exact) mass is 287 g/mol. The molecule has 1 amide bonds. The van der Waals surface area contributed by atoms with Crippen molar-refractivity contribution in [1.29, 1.82) is 0 Å². The lowest BCUT2D eigenvalue weighted by molar-refractivity contribution is -0.137. The molecule has 1 aliphatic heterocycles. The van der Waals surface area contributed by atoms with Gasteiger partial charge >= 0.3 is 12.1 Å². The molecule has 1 heterocycles. The molecule has 0 radical (unpaired) electrons. The Morgan fingerprint density at radius 2 is 2.00 bits per heavy atom. The third-order valence-electron chi connectivity index (χ3n) is 3.05. The normalized spacial score (nSPS) is 15.6. The number of esters is 1. The summed E-state index contributed by atoms with van der Waals surface area (Å²) in [5.41, 5.74) is -1.13. The lowest BCUT2D eigenvalue weighted by Gasteiger charge is -2.18. The number of halogens is 3. The smallest absolute Gasteiger partial charge is 0.416 e. The summed E-state index contributed by atoms with van der Waals surface area (Å²) in [5.74, 6) is -1.12. The topological polar surface area (TPSA) is 46.6 Å². The Balaban J connectivity index is 2.51. The molecular weight excluding hydrogens is 275 g/mol. The fourth-order valence-corrected chi connectivity index (χ4v) is 2.09. The Morgan fingerprint density at radius 1 is 1.30 bits per heavy atom. The van der Waals surface area contributed by atoms with Crippen LogP contribution in [-0.2, 0) is 15.7 Å². The molecule has 1 aromatic carbocycles. The summed E-state index contributed by atoms with van der Waals surface area (Å²) in [6.07, 6.45) is -3.71. The number of carbonyl (C=O) groups excluding carboxylic acids is 2. The van der Waals surface area contributed by atoms with Gasteiger partial charge in [0.2, 0.25) is 5.91 Å². The summed E-state index contributed by atoms with van der Waals surface area (Å²) in [5, 5.41) is 0. The first kappa shape index (κ1) is 14.4. The maximum Gasteiger partial charge on any atom is 0.416 e. The van der Waals surface area contributed by atoms with Crippen LogP contribution in [0.5, 0.6) is 0 Å². The van der Waals surface area contributed by atoms with E-state index in [1.54, 1.807) is 0 Å². The molecule has 108 valence electrons. The molecule has 4 nitrogen and oxygen atoms in total. The van der Waals surface area contributed by atoms with Gasteiger partial charge in [-0.25, -0.2) is 4.79 Å². The quantitative estimate of drug-likeness (QED) is 0.785. The average Bonchev–Trinajstić information content (AvgIpc) is 2.82. The number of methoxy groups -OCH3 is 1. The van der Waals surface area contributed by atoms with Crippen LogP contribution in [0.4, 0.5) is 18.9 Å². The third-order valence-corrected chi connectivity index (χ3v) is 3.05. The number of nitrogens with zero attached hydrogens (tertiary/aromatic N) is 1. The van der Waals surface area contributed by atoms with Crippen molar-refractivity contribution in [3.63, 3.8) is 0 Å². The van der Waals surface area contributed by atoms with Crippen LogP contribution in [0.25, 0.3) is 0 Å². The Bertz CT molecular complexity index is 554. The van der Waals surface area contributed by atoms with E-state index in [9.17, 15) is 22.8 Å². The van der Waals surface area contributed by atoms with Crippen molar-refractivity contribution in [3.05, 3.63) is 29.3 Å². The number of hydrogen-bond acceptors (Lipinski definition) is 3. The van der Waals surface area contributed by atoms with Gasteiger partial charge in [0.1, 0.15) is 0 Å². The minimum absolute atomic E-state index is 0.0720. The highest BCUT2D eigenvalue weighted by Gasteiger charge is 2.33. The fraction of sp³-hybridized carbons (Fsp3) is 0.385. The molecule has 1 aromatic rings. The van der Waals surface area contributed by atoms with E-state index >= 15 is 0 Å². The molecule has 0 bridgehead atoms. The predicted molar refractivity (Wildman–Crippen MR) is 64.4 cm³/mol. The Kier molecular flexibility index (Phi) is 3.69. The van der Waals surface area contributed by atoms with Crippen LogP contribution in [0.1, 0.15) is 28.8 Å². The van der Waals surface area contributed by atoms with Crippen molar-refractivity contribution in [1.82, 2.24) is 0 Å². The number of anilines is 1. The minimum atomic E-state index is -4.60. The summed E-state index contributed by atoms with van der Waals surface area (Å²) in [6.45, 7) is 0.348. The zero-order valence-corrected chi connectivity index (χ0v) is 10.7. The van der Waals surface area contributed by atoms with Crippen LogP contribution in [0.2, 0.25) is 0 Å². The second-order valence-electron chi connectivity index (χ2n) is 4.41. The van der Waals surface area contributed by atoms with E-state index in [1.165, 1.54) is 11.0 Å². The molecular formula is C13H12F3NO3. The van der Waals surface area contributed by atoms with Gasteiger partial charge in [-0.15, -0.1) is 0 Å². The van der Waals surface area contributed by atoms with Gasteiger partial charge < -0.3 is 9.64 Å². The first-order valence-corrected chi connectivity index (χ1v) is 5.94. The molecule has 20 heavy (non-hydrogen) atoms. The number of ether oxygens (including phenoxy) is 1. The molecule has 0 saturated carbocycles. The summed E-state index contributed by atoms with van der Waals surface area (Å²) in [7, 11) is 1.09. The van der Waals surface area contributed by atoms with E-state index in [0.29, 0.717) is 19.4 Å². The van der Waals surface area contributed by atoms with Gasteiger partial charge in [0, 0.05) is 18.7 Å². The molecule has 0 spiro atoms. The van der Waals surface area contributed by atoms with Crippen molar-refractivity contribution in [2.75, 3.05) is 18.6 Å². The van der Waals surface area contributed by atoms with Gasteiger partial charge in [0.25, 0.3) is 0 Å². The molecule has 0 unspecified atom stereocenters. The number of hydrogen-bond donors (Lipinski definition) is 0. The van der Waals surface area contributed by atoms with E-state index in [1.807, 2.05) is 0 Å². The second kappa shape index (κ2) is 5.15. The summed E-state index contributed by atoms with van der Waals surface area (Å²) in [6, 6.07) is 2.83. The summed E-state index contributed by atoms with van der Waals surface area (Å²) >= 11 is 0. The molecule has 1 fully saturated rings. The van der Waals surface area contributed by atoms with E-state index in [2.05, 4.69) is 4.74 Å². The number of rotatable bonds is 2. The highest BCUT2D eigenvalue weighted by atomic mass is 19.4. The van der Waals surface area contributed by atoms with Crippen molar-refractivity contribution < 1.29 is 27.5 Å². The van der Waals surface area contributed by atoms with Crippen molar-refractivity contribution in [2.24, 2.45) is 0 Å². The average molecular weight is 287 g/mol. The molecule has 2 rings (SSSR count). The van der Waals surface area contributed by atoms with Crippen molar-refractivity contribution in [3.8, 4) is 0 Å². The van der Waals surface area contributed by atoms with Gasteiger partial charge in [-0.05, 0) is 24.6 Å². The van der Waals surface area contributed by atoms with E-state index in [-0.39, 0.29) is 17.2 Å². The number of benzene rings is 1. The molecule has 7 heteroatoms. The van der Waals surface area contributed by atoms with E-state index in [4.69, 9.17) is 0 Å².